The number of methoxy groups -OCH3 is 1. The van der Waals surface area contributed by atoms with E-state index in [0.29, 0.717) is 17.5 Å². The van der Waals surface area contributed by atoms with Gasteiger partial charge in [-0.2, -0.15) is 4.98 Å². The summed E-state index contributed by atoms with van der Waals surface area (Å²) in [7, 11) is 1.62. The Bertz CT molecular complexity index is 538. The van der Waals surface area contributed by atoms with Crippen LogP contribution < -0.4 is 9.47 Å². The summed E-state index contributed by atoms with van der Waals surface area (Å²) in [6.45, 7) is 4.15. The van der Waals surface area contributed by atoms with Crippen molar-refractivity contribution in [2.45, 2.75) is 19.9 Å². The first kappa shape index (κ1) is 13.0. The summed E-state index contributed by atoms with van der Waals surface area (Å²) >= 11 is 3.36. The van der Waals surface area contributed by atoms with Crippen LogP contribution in [0.4, 0.5) is 0 Å². The molecule has 0 radical (unpaired) electrons. The lowest BCUT2D eigenvalue weighted by Crippen LogP contribution is -2.02. The average molecular weight is 311 g/mol. The molecule has 4 nitrogen and oxygen atoms in total. The van der Waals surface area contributed by atoms with Crippen LogP contribution in [0, 0.1) is 0 Å². The second kappa shape index (κ2) is 5.44. The van der Waals surface area contributed by atoms with Gasteiger partial charge in [0.1, 0.15) is 4.60 Å². The SMILES string of the molecule is COc1ccccc1Oc1nc(Br)cn1C(C)C. The Morgan fingerprint density at radius 2 is 1.89 bits per heavy atom. The Hall–Kier alpha value is -1.49. The van der Waals surface area contributed by atoms with E-state index in [0.717, 1.165) is 4.60 Å². The highest BCUT2D eigenvalue weighted by Gasteiger charge is 2.13. The van der Waals surface area contributed by atoms with E-state index in [9.17, 15) is 0 Å². The molecule has 2 aromatic rings. The second-order valence-corrected chi connectivity index (χ2v) is 4.91. The predicted molar refractivity (Wildman–Crippen MR) is 73.4 cm³/mol. The number of para-hydroxylation sites is 2. The quantitative estimate of drug-likeness (QED) is 0.855. The fourth-order valence-corrected chi connectivity index (χ4v) is 1.97. The molecule has 0 N–H and O–H groups in total. The lowest BCUT2D eigenvalue weighted by molar-refractivity contribution is 0.352. The van der Waals surface area contributed by atoms with Gasteiger partial charge in [0.25, 0.3) is 0 Å². The maximum atomic E-state index is 5.81. The minimum atomic E-state index is 0.272. The third kappa shape index (κ3) is 2.67. The maximum Gasteiger partial charge on any atom is 0.303 e. The van der Waals surface area contributed by atoms with Crippen LogP contribution in [0.2, 0.25) is 0 Å². The Balaban J connectivity index is 2.33. The molecule has 0 aliphatic carbocycles. The number of ether oxygens (including phenoxy) is 2. The van der Waals surface area contributed by atoms with Crippen molar-refractivity contribution in [2.24, 2.45) is 0 Å². The molecule has 2 rings (SSSR count). The van der Waals surface area contributed by atoms with Crippen LogP contribution in [0.25, 0.3) is 0 Å². The molecule has 0 atom stereocenters. The molecule has 0 amide bonds. The van der Waals surface area contributed by atoms with Crippen molar-refractivity contribution in [2.75, 3.05) is 7.11 Å². The molecule has 96 valence electrons. The van der Waals surface area contributed by atoms with Gasteiger partial charge in [-0.1, -0.05) is 12.1 Å². The van der Waals surface area contributed by atoms with Gasteiger partial charge >= 0.3 is 6.01 Å². The number of hydrogen-bond acceptors (Lipinski definition) is 3. The average Bonchev–Trinajstić information content (AvgIpc) is 2.71. The number of halogens is 1. The summed E-state index contributed by atoms with van der Waals surface area (Å²) in [5.41, 5.74) is 0. The Labute approximate surface area is 115 Å². The monoisotopic (exact) mass is 310 g/mol. The highest BCUT2D eigenvalue weighted by molar-refractivity contribution is 9.10. The molecule has 0 aliphatic heterocycles. The smallest absolute Gasteiger partial charge is 0.303 e. The fourth-order valence-electron chi connectivity index (χ4n) is 1.59. The van der Waals surface area contributed by atoms with Gasteiger partial charge in [0.2, 0.25) is 0 Å². The standard InChI is InChI=1S/C13H15BrN2O2/c1-9(2)16-8-12(14)15-13(16)18-11-7-5-4-6-10(11)17-3/h4-9H,1-3H3. The lowest BCUT2D eigenvalue weighted by Gasteiger charge is -2.13. The zero-order valence-corrected chi connectivity index (χ0v) is 12.1. The first-order chi connectivity index (χ1) is 8.61. The van der Waals surface area contributed by atoms with Crippen molar-refractivity contribution < 1.29 is 9.47 Å². The molecule has 0 bridgehead atoms. The highest BCUT2D eigenvalue weighted by Crippen LogP contribution is 2.32. The van der Waals surface area contributed by atoms with Gasteiger partial charge in [-0.05, 0) is 41.9 Å². The number of rotatable bonds is 4. The summed E-state index contributed by atoms with van der Waals surface area (Å²) in [6.07, 6.45) is 1.90. The van der Waals surface area contributed by atoms with Gasteiger partial charge < -0.3 is 9.47 Å². The number of hydrogen-bond donors (Lipinski definition) is 0. The Morgan fingerprint density at radius 1 is 1.22 bits per heavy atom. The number of imidazole rings is 1. The summed E-state index contributed by atoms with van der Waals surface area (Å²) in [6, 6.07) is 8.32. The third-order valence-corrected chi connectivity index (χ3v) is 2.88. The maximum absolute atomic E-state index is 5.81. The van der Waals surface area contributed by atoms with Crippen molar-refractivity contribution >= 4 is 15.9 Å². The van der Waals surface area contributed by atoms with Gasteiger partial charge in [0, 0.05) is 12.2 Å². The van der Waals surface area contributed by atoms with E-state index < -0.39 is 0 Å². The van der Waals surface area contributed by atoms with E-state index in [1.54, 1.807) is 7.11 Å². The molecule has 0 spiro atoms. The molecule has 1 aromatic carbocycles. The van der Waals surface area contributed by atoms with Crippen LogP contribution in [0.1, 0.15) is 19.9 Å². The fraction of sp³-hybridized carbons (Fsp3) is 0.308. The third-order valence-electron chi connectivity index (χ3n) is 2.50. The topological polar surface area (TPSA) is 36.3 Å². The molecule has 1 aromatic heterocycles. The van der Waals surface area contributed by atoms with E-state index in [2.05, 4.69) is 34.8 Å². The second-order valence-electron chi connectivity index (χ2n) is 4.10. The van der Waals surface area contributed by atoms with Gasteiger partial charge in [-0.25, -0.2) is 0 Å². The molecule has 5 heteroatoms. The van der Waals surface area contributed by atoms with Gasteiger partial charge in [-0.15, -0.1) is 0 Å². The summed E-state index contributed by atoms with van der Waals surface area (Å²) < 4.78 is 13.8. The molecule has 0 unspecified atom stereocenters. The van der Waals surface area contributed by atoms with Gasteiger partial charge in [0.15, 0.2) is 11.5 Å². The molecular formula is C13H15BrN2O2. The molecule has 0 aliphatic rings. The number of benzene rings is 1. The number of aromatic nitrogens is 2. The lowest BCUT2D eigenvalue weighted by atomic mass is 10.3. The molecule has 0 saturated carbocycles. The van der Waals surface area contributed by atoms with Crippen LogP contribution in [0.3, 0.4) is 0 Å². The molecular weight excluding hydrogens is 296 g/mol. The first-order valence-electron chi connectivity index (χ1n) is 5.67. The Morgan fingerprint density at radius 3 is 2.50 bits per heavy atom. The van der Waals surface area contributed by atoms with E-state index in [4.69, 9.17) is 9.47 Å². The largest absolute Gasteiger partial charge is 0.493 e. The van der Waals surface area contributed by atoms with E-state index >= 15 is 0 Å². The van der Waals surface area contributed by atoms with Crippen LogP contribution in [0.15, 0.2) is 35.1 Å². The molecule has 0 fully saturated rings. The Kier molecular flexibility index (Phi) is 3.91. The van der Waals surface area contributed by atoms with Crippen molar-refractivity contribution in [3.8, 4) is 17.5 Å². The van der Waals surface area contributed by atoms with Crippen LogP contribution in [0.5, 0.6) is 17.5 Å². The van der Waals surface area contributed by atoms with Crippen LogP contribution in [-0.2, 0) is 0 Å². The minimum absolute atomic E-state index is 0.272. The zero-order valence-electron chi connectivity index (χ0n) is 10.6. The summed E-state index contributed by atoms with van der Waals surface area (Å²) in [5, 5.41) is 0. The van der Waals surface area contributed by atoms with Crippen molar-refractivity contribution in [3.63, 3.8) is 0 Å². The highest BCUT2D eigenvalue weighted by atomic mass is 79.9. The minimum Gasteiger partial charge on any atom is -0.493 e. The zero-order chi connectivity index (χ0) is 13.1. The summed E-state index contributed by atoms with van der Waals surface area (Å²) in [4.78, 5) is 4.30. The molecule has 18 heavy (non-hydrogen) atoms. The van der Waals surface area contributed by atoms with Crippen LogP contribution in [-0.4, -0.2) is 16.7 Å². The first-order valence-corrected chi connectivity index (χ1v) is 6.46. The molecule has 1 heterocycles. The van der Waals surface area contributed by atoms with Gasteiger partial charge in [-0.3, -0.25) is 4.57 Å². The van der Waals surface area contributed by atoms with Crippen molar-refractivity contribution in [1.82, 2.24) is 9.55 Å². The van der Waals surface area contributed by atoms with Gasteiger partial charge in [0.05, 0.1) is 7.11 Å². The summed E-state index contributed by atoms with van der Waals surface area (Å²) in [5.74, 6) is 1.34. The number of nitrogens with zero attached hydrogens (tertiary/aromatic N) is 2. The molecule has 0 saturated heterocycles. The van der Waals surface area contributed by atoms with E-state index in [1.807, 2.05) is 35.0 Å². The van der Waals surface area contributed by atoms with E-state index in [-0.39, 0.29) is 6.04 Å². The van der Waals surface area contributed by atoms with Crippen LogP contribution >= 0.6 is 15.9 Å². The van der Waals surface area contributed by atoms with Crippen molar-refractivity contribution in [3.05, 3.63) is 35.1 Å². The van der Waals surface area contributed by atoms with Crippen molar-refractivity contribution in [1.29, 1.82) is 0 Å². The normalized spacial score (nSPS) is 10.7. The van der Waals surface area contributed by atoms with E-state index in [1.165, 1.54) is 0 Å². The predicted octanol–water partition coefficient (Wildman–Crippen LogP) is 4.03.